The minimum Gasteiger partial charge on any atom is -0.341 e. The highest BCUT2D eigenvalue weighted by Crippen LogP contribution is 2.24. The Balaban J connectivity index is 1.41. The second-order valence-corrected chi connectivity index (χ2v) is 7.13. The van der Waals surface area contributed by atoms with Gasteiger partial charge in [0.2, 0.25) is 5.91 Å². The molecule has 0 bridgehead atoms. The highest BCUT2D eigenvalue weighted by atomic mass is 16.2. The van der Waals surface area contributed by atoms with Crippen molar-refractivity contribution in [3.05, 3.63) is 35.4 Å². The summed E-state index contributed by atoms with van der Waals surface area (Å²) in [6.45, 7) is 6.69. The Morgan fingerprint density at radius 2 is 2.09 bits per heavy atom. The summed E-state index contributed by atoms with van der Waals surface area (Å²) in [5, 5.41) is 0. The van der Waals surface area contributed by atoms with Crippen LogP contribution in [-0.4, -0.2) is 54.0 Å². The SMILES string of the molecule is CC(C(=O)N1CCC2NNCC2C1)N1CCc2ccccc2C1. The normalized spacial score (nSPS) is 29.0. The van der Waals surface area contributed by atoms with Gasteiger partial charge in [0.05, 0.1) is 6.04 Å². The Morgan fingerprint density at radius 3 is 2.96 bits per heavy atom. The zero-order valence-corrected chi connectivity index (χ0v) is 13.8. The number of benzene rings is 1. The summed E-state index contributed by atoms with van der Waals surface area (Å²) < 4.78 is 0. The molecule has 2 saturated heterocycles. The van der Waals surface area contributed by atoms with Crippen molar-refractivity contribution in [1.82, 2.24) is 20.7 Å². The van der Waals surface area contributed by atoms with Crippen molar-refractivity contribution in [3.63, 3.8) is 0 Å². The van der Waals surface area contributed by atoms with Crippen LogP contribution in [0.4, 0.5) is 0 Å². The van der Waals surface area contributed by atoms with Crippen LogP contribution >= 0.6 is 0 Å². The van der Waals surface area contributed by atoms with E-state index >= 15 is 0 Å². The molecule has 3 atom stereocenters. The van der Waals surface area contributed by atoms with Crippen LogP contribution in [0.2, 0.25) is 0 Å². The number of amides is 1. The number of carbonyl (C=O) groups is 1. The van der Waals surface area contributed by atoms with Gasteiger partial charge in [-0.2, -0.15) is 0 Å². The van der Waals surface area contributed by atoms with Gasteiger partial charge in [-0.25, -0.2) is 0 Å². The van der Waals surface area contributed by atoms with E-state index in [4.69, 9.17) is 0 Å². The van der Waals surface area contributed by atoms with Crippen LogP contribution in [-0.2, 0) is 17.8 Å². The first kappa shape index (κ1) is 15.1. The second-order valence-electron chi connectivity index (χ2n) is 7.13. The van der Waals surface area contributed by atoms with Crippen LogP contribution in [0.25, 0.3) is 0 Å². The van der Waals surface area contributed by atoms with Crippen molar-refractivity contribution in [1.29, 1.82) is 0 Å². The maximum absolute atomic E-state index is 12.9. The summed E-state index contributed by atoms with van der Waals surface area (Å²) >= 11 is 0. The molecular formula is C18H26N4O. The Labute approximate surface area is 138 Å². The summed E-state index contributed by atoms with van der Waals surface area (Å²) in [5.74, 6) is 0.858. The molecule has 124 valence electrons. The molecule has 1 aromatic rings. The molecular weight excluding hydrogens is 288 g/mol. The molecule has 2 N–H and O–H groups in total. The first-order chi connectivity index (χ1) is 11.2. The smallest absolute Gasteiger partial charge is 0.239 e. The second kappa shape index (κ2) is 6.23. The number of nitrogens with zero attached hydrogens (tertiary/aromatic N) is 2. The van der Waals surface area contributed by atoms with E-state index in [1.807, 2.05) is 0 Å². The largest absolute Gasteiger partial charge is 0.341 e. The lowest BCUT2D eigenvalue weighted by Crippen LogP contribution is -2.54. The molecule has 0 aliphatic carbocycles. The Bertz CT molecular complexity index is 590. The molecule has 1 aromatic carbocycles. The average molecular weight is 314 g/mol. The number of hydrogen-bond acceptors (Lipinski definition) is 4. The lowest BCUT2D eigenvalue weighted by Gasteiger charge is -2.39. The van der Waals surface area contributed by atoms with Gasteiger partial charge in [-0.1, -0.05) is 24.3 Å². The maximum atomic E-state index is 12.9. The first-order valence-corrected chi connectivity index (χ1v) is 8.80. The Morgan fingerprint density at radius 1 is 1.26 bits per heavy atom. The van der Waals surface area contributed by atoms with E-state index in [0.29, 0.717) is 17.9 Å². The van der Waals surface area contributed by atoms with Gasteiger partial charge >= 0.3 is 0 Å². The highest BCUT2D eigenvalue weighted by molar-refractivity contribution is 5.81. The van der Waals surface area contributed by atoms with E-state index in [2.05, 4.69) is 51.8 Å². The molecule has 0 aromatic heterocycles. The molecule has 5 nitrogen and oxygen atoms in total. The third kappa shape index (κ3) is 2.89. The first-order valence-electron chi connectivity index (χ1n) is 8.80. The number of likely N-dealkylation sites (tertiary alicyclic amines) is 1. The lowest BCUT2D eigenvalue weighted by molar-refractivity contribution is -0.138. The van der Waals surface area contributed by atoms with Crippen LogP contribution in [0, 0.1) is 5.92 Å². The van der Waals surface area contributed by atoms with Crippen LogP contribution in [0.15, 0.2) is 24.3 Å². The fraction of sp³-hybridized carbons (Fsp3) is 0.611. The molecule has 0 radical (unpaired) electrons. The topological polar surface area (TPSA) is 47.6 Å². The van der Waals surface area contributed by atoms with Crippen LogP contribution in [0.3, 0.4) is 0 Å². The fourth-order valence-corrected chi connectivity index (χ4v) is 4.22. The molecule has 3 aliphatic rings. The third-order valence-electron chi connectivity index (χ3n) is 5.76. The minimum atomic E-state index is -0.0257. The molecule has 2 fully saturated rings. The standard InChI is InChI=1S/C18H26N4O/c1-13(21-8-6-14-4-2-3-5-15(14)11-21)18(23)22-9-7-17-16(12-22)10-19-20-17/h2-5,13,16-17,19-20H,6-12H2,1H3. The number of piperidine rings is 1. The summed E-state index contributed by atoms with van der Waals surface area (Å²) in [6.07, 6.45) is 2.10. The molecule has 3 heterocycles. The Hall–Kier alpha value is -1.43. The van der Waals surface area contributed by atoms with Gasteiger partial charge < -0.3 is 4.90 Å². The fourth-order valence-electron chi connectivity index (χ4n) is 4.22. The monoisotopic (exact) mass is 314 g/mol. The highest BCUT2D eigenvalue weighted by Gasteiger charge is 2.37. The summed E-state index contributed by atoms with van der Waals surface area (Å²) in [7, 11) is 0. The van der Waals surface area contributed by atoms with Crippen LogP contribution < -0.4 is 10.9 Å². The maximum Gasteiger partial charge on any atom is 0.239 e. The predicted octanol–water partition coefficient (Wildman–Crippen LogP) is 0.758. The van der Waals surface area contributed by atoms with Gasteiger partial charge in [-0.15, -0.1) is 0 Å². The quantitative estimate of drug-likeness (QED) is 0.846. The van der Waals surface area contributed by atoms with E-state index < -0.39 is 0 Å². The van der Waals surface area contributed by atoms with Crippen molar-refractivity contribution in [2.45, 2.75) is 38.4 Å². The molecule has 5 heteroatoms. The molecule has 0 saturated carbocycles. The van der Waals surface area contributed by atoms with Crippen LogP contribution in [0.5, 0.6) is 0 Å². The number of hydrogen-bond donors (Lipinski definition) is 2. The van der Waals surface area contributed by atoms with Gasteiger partial charge in [0.25, 0.3) is 0 Å². The van der Waals surface area contributed by atoms with Crippen molar-refractivity contribution in [3.8, 4) is 0 Å². The number of carbonyl (C=O) groups excluding carboxylic acids is 1. The third-order valence-corrected chi connectivity index (χ3v) is 5.76. The molecule has 3 unspecified atom stereocenters. The summed E-state index contributed by atoms with van der Waals surface area (Å²) in [4.78, 5) is 17.4. The molecule has 3 aliphatic heterocycles. The summed E-state index contributed by atoms with van der Waals surface area (Å²) in [5.41, 5.74) is 9.37. The molecule has 1 amide bonds. The minimum absolute atomic E-state index is 0.0257. The predicted molar refractivity (Wildman–Crippen MR) is 89.6 cm³/mol. The van der Waals surface area contributed by atoms with Crippen LogP contribution in [0.1, 0.15) is 24.5 Å². The van der Waals surface area contributed by atoms with E-state index in [1.165, 1.54) is 11.1 Å². The van der Waals surface area contributed by atoms with Gasteiger partial charge in [0.15, 0.2) is 0 Å². The number of rotatable bonds is 2. The van der Waals surface area contributed by atoms with Gasteiger partial charge in [0.1, 0.15) is 0 Å². The van der Waals surface area contributed by atoms with Gasteiger partial charge in [0, 0.05) is 44.7 Å². The van der Waals surface area contributed by atoms with Crippen molar-refractivity contribution in [2.24, 2.45) is 5.92 Å². The van der Waals surface area contributed by atoms with E-state index in [-0.39, 0.29) is 6.04 Å². The van der Waals surface area contributed by atoms with Crippen molar-refractivity contribution >= 4 is 5.91 Å². The zero-order chi connectivity index (χ0) is 15.8. The molecule has 0 spiro atoms. The number of hydrazine groups is 1. The summed E-state index contributed by atoms with van der Waals surface area (Å²) in [6, 6.07) is 9.12. The lowest BCUT2D eigenvalue weighted by atomic mass is 9.93. The van der Waals surface area contributed by atoms with Crippen molar-refractivity contribution in [2.75, 3.05) is 26.2 Å². The average Bonchev–Trinajstić information content (AvgIpc) is 3.07. The molecule has 23 heavy (non-hydrogen) atoms. The Kier molecular flexibility index (Phi) is 4.09. The van der Waals surface area contributed by atoms with E-state index in [0.717, 1.165) is 45.6 Å². The zero-order valence-electron chi connectivity index (χ0n) is 13.8. The van der Waals surface area contributed by atoms with E-state index in [1.54, 1.807) is 0 Å². The molecule has 4 rings (SSSR count). The number of nitrogens with one attached hydrogen (secondary N) is 2. The van der Waals surface area contributed by atoms with Gasteiger partial charge in [-0.3, -0.25) is 20.5 Å². The van der Waals surface area contributed by atoms with E-state index in [9.17, 15) is 4.79 Å². The van der Waals surface area contributed by atoms with Gasteiger partial charge in [-0.05, 0) is 30.9 Å². The van der Waals surface area contributed by atoms with Crippen molar-refractivity contribution < 1.29 is 4.79 Å². The number of fused-ring (bicyclic) bond motifs is 2.